The highest BCUT2D eigenvalue weighted by Crippen LogP contribution is 2.25. The van der Waals surface area contributed by atoms with Crippen molar-refractivity contribution in [3.63, 3.8) is 0 Å². The fourth-order valence-corrected chi connectivity index (χ4v) is 6.29. The third-order valence-electron chi connectivity index (χ3n) is 9.73. The van der Waals surface area contributed by atoms with Crippen molar-refractivity contribution in [3.8, 4) is 0 Å². The quantitative estimate of drug-likeness (QED) is 0.0263. The summed E-state index contributed by atoms with van der Waals surface area (Å²) >= 11 is 0. The van der Waals surface area contributed by atoms with E-state index in [-0.39, 0.29) is 29.4 Å². The topological polar surface area (TPSA) is 95.5 Å². The summed E-state index contributed by atoms with van der Waals surface area (Å²) < 4.78 is -0.0576. The fraction of sp³-hybridized carbons (Fsp3) is 0.750. The molecule has 7 nitrogen and oxygen atoms in total. The molecule has 0 aliphatic carbocycles. The van der Waals surface area contributed by atoms with Crippen LogP contribution in [0.25, 0.3) is 0 Å². The first-order valence-electron chi connectivity index (χ1n) is 20.9. The zero-order chi connectivity index (χ0) is 37.9. The molecule has 7 heteroatoms. The van der Waals surface area contributed by atoms with E-state index in [9.17, 15) is 19.5 Å². The third kappa shape index (κ3) is 25.9. The van der Waals surface area contributed by atoms with Crippen molar-refractivity contribution in [3.05, 3.63) is 48.6 Å². The van der Waals surface area contributed by atoms with Crippen LogP contribution < -0.4 is 10.6 Å². The minimum atomic E-state index is -1.50. The summed E-state index contributed by atoms with van der Waals surface area (Å²) in [6.45, 7) is 6.52. The SMILES string of the molecule is CCCCC/C=C\C/C=C\CCCCCCCC(=O)NC[N+](C)(C)C(CCC)(NC(=O)CCCCCCC/C=C\C/C=C\CCCCC)C(=O)O. The Morgan fingerprint density at radius 2 is 0.922 bits per heavy atom. The maximum absolute atomic E-state index is 13.0. The molecule has 0 fully saturated rings. The Labute approximate surface area is 314 Å². The molecule has 0 aromatic rings. The highest BCUT2D eigenvalue weighted by atomic mass is 16.4. The van der Waals surface area contributed by atoms with Gasteiger partial charge in [-0.1, -0.05) is 134 Å². The summed E-state index contributed by atoms with van der Waals surface area (Å²) in [6, 6.07) is 0. The smallest absolute Gasteiger partial charge is 0.388 e. The van der Waals surface area contributed by atoms with Crippen molar-refractivity contribution in [2.45, 2.75) is 193 Å². The van der Waals surface area contributed by atoms with Crippen LogP contribution in [0.4, 0.5) is 0 Å². The van der Waals surface area contributed by atoms with E-state index in [4.69, 9.17) is 0 Å². The summed E-state index contributed by atoms with van der Waals surface area (Å²) in [7, 11) is 3.56. The minimum Gasteiger partial charge on any atom is -0.475 e. The van der Waals surface area contributed by atoms with Crippen LogP contribution in [0.15, 0.2) is 48.6 Å². The number of amides is 2. The van der Waals surface area contributed by atoms with Crippen LogP contribution in [0.5, 0.6) is 0 Å². The van der Waals surface area contributed by atoms with Crippen molar-refractivity contribution < 1.29 is 24.0 Å². The van der Waals surface area contributed by atoms with E-state index in [2.05, 4.69) is 73.1 Å². The van der Waals surface area contributed by atoms with E-state index in [1.807, 2.05) is 6.92 Å². The maximum Gasteiger partial charge on any atom is 0.388 e. The fourth-order valence-electron chi connectivity index (χ4n) is 6.29. The van der Waals surface area contributed by atoms with Crippen LogP contribution >= 0.6 is 0 Å². The molecule has 294 valence electrons. The molecule has 0 aromatic heterocycles. The van der Waals surface area contributed by atoms with Crippen LogP contribution in [-0.2, 0) is 14.4 Å². The van der Waals surface area contributed by atoms with Crippen LogP contribution in [0, 0.1) is 0 Å². The van der Waals surface area contributed by atoms with Crippen molar-refractivity contribution >= 4 is 17.8 Å². The number of quaternary nitrogens is 1. The van der Waals surface area contributed by atoms with Gasteiger partial charge in [-0.2, -0.15) is 0 Å². The second-order valence-electron chi connectivity index (χ2n) is 14.9. The van der Waals surface area contributed by atoms with Gasteiger partial charge >= 0.3 is 5.97 Å². The number of hydrogen-bond donors (Lipinski definition) is 3. The average molecular weight is 715 g/mol. The van der Waals surface area contributed by atoms with Crippen molar-refractivity contribution in [2.75, 3.05) is 20.8 Å². The second kappa shape index (κ2) is 33.2. The predicted octanol–water partition coefficient (Wildman–Crippen LogP) is 11.5. The monoisotopic (exact) mass is 715 g/mol. The van der Waals surface area contributed by atoms with Gasteiger partial charge in [-0.05, 0) is 83.5 Å². The van der Waals surface area contributed by atoms with Crippen LogP contribution in [0.1, 0.15) is 188 Å². The van der Waals surface area contributed by atoms with Crippen molar-refractivity contribution in [2.24, 2.45) is 0 Å². The second-order valence-corrected chi connectivity index (χ2v) is 14.9. The molecule has 3 N–H and O–H groups in total. The number of aliphatic carboxylic acids is 1. The number of rotatable bonds is 35. The first-order chi connectivity index (χ1) is 24.7. The molecular formula is C44H80N3O4+. The molecule has 0 bridgehead atoms. The molecule has 0 aliphatic rings. The van der Waals surface area contributed by atoms with Gasteiger partial charge in [-0.15, -0.1) is 0 Å². The van der Waals surface area contributed by atoms with Gasteiger partial charge in [-0.25, -0.2) is 4.79 Å². The largest absolute Gasteiger partial charge is 0.475 e. The standard InChI is InChI=1S/C44H79N3O4/c1-6-9-11-13-15-17-19-21-23-25-27-29-31-33-35-37-41(48)45-40-47(4,5)44(39-8-3,43(50)51)46-42(49)38-36-34-32-30-28-26-24-22-20-18-16-14-12-10-7-2/h15-18,21-24H,6-14,19-20,25-40H2,1-5H3,(H2-,45,46,48,49,50,51)/p+1/b17-15-,18-16-,23-21-,24-22-. The number of likely N-dealkylation sites (N-methyl/N-ethyl adjacent to an activating group) is 1. The molecule has 0 saturated carbocycles. The number of allylic oxidation sites excluding steroid dienone is 8. The van der Waals surface area contributed by atoms with Gasteiger partial charge in [0, 0.05) is 19.3 Å². The van der Waals surface area contributed by atoms with E-state index in [1.165, 1.54) is 57.8 Å². The van der Waals surface area contributed by atoms with Gasteiger partial charge in [-0.3, -0.25) is 19.4 Å². The van der Waals surface area contributed by atoms with E-state index >= 15 is 0 Å². The summed E-state index contributed by atoms with van der Waals surface area (Å²) in [5, 5.41) is 16.3. The zero-order valence-electron chi connectivity index (χ0n) is 33.8. The summed E-state index contributed by atoms with van der Waals surface area (Å²) in [4.78, 5) is 38.4. The first kappa shape index (κ1) is 48.3. The molecule has 0 spiro atoms. The Morgan fingerprint density at radius 1 is 0.529 bits per heavy atom. The number of nitrogens with one attached hydrogen (secondary N) is 2. The Morgan fingerprint density at radius 3 is 1.33 bits per heavy atom. The van der Waals surface area contributed by atoms with E-state index in [1.54, 1.807) is 14.1 Å². The van der Waals surface area contributed by atoms with Gasteiger partial charge in [0.05, 0.1) is 14.1 Å². The normalized spacial score (nSPS) is 13.5. The number of unbranched alkanes of at least 4 members (excludes halogenated alkanes) is 16. The molecule has 0 aromatic carbocycles. The highest BCUT2D eigenvalue weighted by molar-refractivity contribution is 5.85. The Hall–Kier alpha value is -2.67. The predicted molar refractivity (Wildman–Crippen MR) is 217 cm³/mol. The van der Waals surface area contributed by atoms with Crippen LogP contribution in [0.3, 0.4) is 0 Å². The van der Waals surface area contributed by atoms with Crippen LogP contribution in [-0.4, -0.2) is 53.8 Å². The lowest BCUT2D eigenvalue weighted by molar-refractivity contribution is -0.937. The Kier molecular flexibility index (Phi) is 31.4. The molecule has 2 amide bonds. The number of hydrogen-bond acceptors (Lipinski definition) is 3. The summed E-state index contributed by atoms with van der Waals surface area (Å²) in [5.41, 5.74) is -1.50. The Balaban J connectivity index is 4.37. The molecule has 0 heterocycles. The molecule has 0 saturated heterocycles. The third-order valence-corrected chi connectivity index (χ3v) is 9.73. The molecule has 0 radical (unpaired) electrons. The molecule has 1 atom stereocenters. The number of carboxylic acids is 1. The molecule has 51 heavy (non-hydrogen) atoms. The molecule has 0 rings (SSSR count). The molecule has 1 unspecified atom stereocenters. The molecule has 0 aliphatic heterocycles. The van der Waals surface area contributed by atoms with Gasteiger partial charge in [0.25, 0.3) is 5.66 Å². The number of carbonyl (C=O) groups is 3. The number of nitrogens with zero attached hydrogens (tertiary/aromatic N) is 1. The van der Waals surface area contributed by atoms with Gasteiger partial charge < -0.3 is 10.4 Å². The minimum absolute atomic E-state index is 0.0576. The van der Waals surface area contributed by atoms with Gasteiger partial charge in [0.15, 0.2) is 6.67 Å². The van der Waals surface area contributed by atoms with Crippen molar-refractivity contribution in [1.29, 1.82) is 0 Å². The lowest BCUT2D eigenvalue weighted by Gasteiger charge is -2.45. The van der Waals surface area contributed by atoms with E-state index in [0.29, 0.717) is 19.3 Å². The average Bonchev–Trinajstić information content (AvgIpc) is 3.10. The summed E-state index contributed by atoms with van der Waals surface area (Å²) in [6.07, 6.45) is 44.4. The van der Waals surface area contributed by atoms with Crippen molar-refractivity contribution in [1.82, 2.24) is 10.6 Å². The zero-order valence-corrected chi connectivity index (χ0v) is 33.8. The Bertz CT molecular complexity index is 1000. The van der Waals surface area contributed by atoms with Gasteiger partial charge in [0.2, 0.25) is 11.8 Å². The highest BCUT2D eigenvalue weighted by Gasteiger charge is 2.53. The molecular weight excluding hydrogens is 635 g/mol. The summed E-state index contributed by atoms with van der Waals surface area (Å²) in [5.74, 6) is -1.37. The maximum atomic E-state index is 13.0. The lowest BCUT2D eigenvalue weighted by Crippen LogP contribution is -2.74. The van der Waals surface area contributed by atoms with E-state index in [0.717, 1.165) is 83.5 Å². The van der Waals surface area contributed by atoms with Gasteiger partial charge in [0.1, 0.15) is 0 Å². The number of carboxylic acid groups (broad SMARTS) is 1. The first-order valence-corrected chi connectivity index (χ1v) is 20.9. The lowest BCUT2D eigenvalue weighted by atomic mass is 9.99. The number of carbonyl (C=O) groups excluding carboxylic acids is 2. The van der Waals surface area contributed by atoms with Crippen LogP contribution in [0.2, 0.25) is 0 Å². The van der Waals surface area contributed by atoms with E-state index < -0.39 is 11.6 Å².